The second kappa shape index (κ2) is 12.9. The first-order valence-electron chi connectivity index (χ1n) is 21.7. The van der Waals surface area contributed by atoms with E-state index in [0.29, 0.717) is 0 Å². The molecule has 0 radical (unpaired) electrons. The lowest BCUT2D eigenvalue weighted by atomic mass is 9.70. The first kappa shape index (κ1) is 35.5. The lowest BCUT2D eigenvalue weighted by Gasteiger charge is -2.32. The monoisotopic (exact) mass is 810 g/mol. The van der Waals surface area contributed by atoms with Crippen molar-refractivity contribution in [3.05, 3.63) is 228 Å². The maximum Gasteiger partial charge on any atom is 0.0726 e. The molecule has 9 aromatic carbocycles. The van der Waals surface area contributed by atoms with Crippen molar-refractivity contribution in [2.24, 2.45) is 0 Å². The molecule has 2 aliphatic rings. The molecule has 0 saturated heterocycles. The third kappa shape index (κ3) is 4.80. The van der Waals surface area contributed by atoms with Gasteiger partial charge in [0.25, 0.3) is 0 Å². The van der Waals surface area contributed by atoms with Crippen LogP contribution in [0.4, 0.5) is 17.1 Å². The number of fused-ring (bicyclic) bond motifs is 16. The Morgan fingerprint density at radius 3 is 1.76 bits per heavy atom. The zero-order chi connectivity index (χ0) is 41.3. The zero-order valence-electron chi connectivity index (χ0n) is 34.9. The Bertz CT molecular complexity index is 3570. The van der Waals surface area contributed by atoms with E-state index in [1.54, 1.807) is 0 Å². The molecule has 0 saturated carbocycles. The summed E-state index contributed by atoms with van der Waals surface area (Å²) in [5.74, 6) is 0. The molecule has 0 unspecified atom stereocenters. The van der Waals surface area contributed by atoms with E-state index in [0.717, 1.165) is 17.1 Å². The van der Waals surface area contributed by atoms with E-state index < -0.39 is 5.41 Å². The van der Waals surface area contributed by atoms with E-state index in [1.807, 2.05) is 11.3 Å². The minimum Gasteiger partial charge on any atom is -0.310 e. The normalized spacial score (nSPS) is 13.5. The Hall–Kier alpha value is -7.20. The smallest absolute Gasteiger partial charge is 0.0726 e. The lowest BCUT2D eigenvalue weighted by Crippen LogP contribution is -2.26. The number of thiophene rings is 1. The molecule has 0 bridgehead atoms. The Morgan fingerprint density at radius 2 is 1.03 bits per heavy atom. The number of para-hydroxylation sites is 1. The van der Waals surface area contributed by atoms with Crippen LogP contribution >= 0.6 is 11.3 Å². The van der Waals surface area contributed by atoms with Crippen molar-refractivity contribution >= 4 is 70.4 Å². The maximum absolute atomic E-state index is 2.52. The topological polar surface area (TPSA) is 8.17 Å². The largest absolute Gasteiger partial charge is 0.310 e. The number of hydrogen-bond donors (Lipinski definition) is 0. The predicted octanol–water partition coefficient (Wildman–Crippen LogP) is 16.3. The van der Waals surface area contributed by atoms with Crippen LogP contribution in [-0.2, 0) is 10.8 Å². The van der Waals surface area contributed by atoms with Crippen molar-refractivity contribution in [2.45, 2.75) is 31.6 Å². The SMILES string of the molecule is CC(C)(C)c1ccc(N(c2ccc3c4cc5c(cc4n(-c4ccccc4)c3c2)sc2ccccc25)c2cccc3c2-c2ccccc2C32c3ccccc3-c3ccccc32)cc1. The minimum absolute atomic E-state index is 0.0283. The van der Waals surface area contributed by atoms with Gasteiger partial charge in [-0.15, -0.1) is 11.3 Å². The third-order valence-electron chi connectivity index (χ3n) is 13.8. The maximum atomic E-state index is 2.52. The van der Waals surface area contributed by atoms with Gasteiger partial charge in [-0.05, 0) is 111 Å². The molecule has 2 nitrogen and oxygen atoms in total. The molecule has 2 aromatic heterocycles. The fraction of sp³-hybridized carbons (Fsp3) is 0.0847. The Kier molecular flexibility index (Phi) is 7.40. The average Bonchev–Trinajstić information content (AvgIpc) is 4.02. The van der Waals surface area contributed by atoms with Crippen LogP contribution in [0.15, 0.2) is 200 Å². The van der Waals surface area contributed by atoms with E-state index >= 15 is 0 Å². The number of hydrogen-bond acceptors (Lipinski definition) is 2. The molecule has 1 spiro atoms. The summed E-state index contributed by atoms with van der Waals surface area (Å²) >= 11 is 1.88. The van der Waals surface area contributed by atoms with Crippen LogP contribution in [0.5, 0.6) is 0 Å². The van der Waals surface area contributed by atoms with E-state index in [9.17, 15) is 0 Å². The quantitative estimate of drug-likeness (QED) is 0.172. The number of rotatable bonds is 4. The Morgan fingerprint density at radius 1 is 0.435 bits per heavy atom. The van der Waals surface area contributed by atoms with Gasteiger partial charge in [-0.1, -0.05) is 160 Å². The fourth-order valence-corrected chi connectivity index (χ4v) is 12.2. The molecule has 0 fully saturated rings. The predicted molar refractivity (Wildman–Crippen MR) is 263 cm³/mol. The number of benzene rings is 9. The van der Waals surface area contributed by atoms with Crippen LogP contribution in [0.1, 0.15) is 48.6 Å². The summed E-state index contributed by atoms with van der Waals surface area (Å²) in [7, 11) is 0. The summed E-state index contributed by atoms with van der Waals surface area (Å²) in [4.78, 5) is 2.52. The van der Waals surface area contributed by atoms with Crippen LogP contribution in [0.2, 0.25) is 0 Å². The summed E-state index contributed by atoms with van der Waals surface area (Å²) in [5.41, 5.74) is 18.5. The van der Waals surface area contributed by atoms with Crippen LogP contribution in [0.25, 0.3) is 69.9 Å². The Balaban J connectivity index is 1.11. The van der Waals surface area contributed by atoms with Gasteiger partial charge >= 0.3 is 0 Å². The third-order valence-corrected chi connectivity index (χ3v) is 14.9. The molecule has 0 N–H and O–H groups in total. The van der Waals surface area contributed by atoms with Gasteiger partial charge < -0.3 is 9.47 Å². The van der Waals surface area contributed by atoms with Crippen molar-refractivity contribution in [1.29, 1.82) is 0 Å². The van der Waals surface area contributed by atoms with Gasteiger partial charge in [0.05, 0.1) is 22.1 Å². The van der Waals surface area contributed by atoms with Crippen molar-refractivity contribution in [2.75, 3.05) is 4.90 Å². The lowest BCUT2D eigenvalue weighted by molar-refractivity contribution is 0.590. The molecular formula is C59H42N2S. The molecule has 0 aliphatic heterocycles. The van der Waals surface area contributed by atoms with Crippen LogP contribution in [0, 0.1) is 0 Å². The standard InChI is InChI=1S/C59H42N2S/c1-58(2,3)37-28-30-39(31-29-37)60(52-26-15-25-51-57(52)45-21-9-13-24-50(45)59(51)48-22-11-7-18-41(48)42-19-8-12-23-49(42)59)40-32-33-43-46-35-47-44-20-10-14-27-55(44)62-56(47)36-54(46)61(53(43)34-40)38-16-5-4-6-17-38/h4-36H,1-3H3. The van der Waals surface area contributed by atoms with Crippen LogP contribution < -0.4 is 4.90 Å². The van der Waals surface area contributed by atoms with Gasteiger partial charge in [0.15, 0.2) is 0 Å². The van der Waals surface area contributed by atoms with Crippen LogP contribution in [0.3, 0.4) is 0 Å². The first-order valence-corrected chi connectivity index (χ1v) is 22.5. The fourth-order valence-electron chi connectivity index (χ4n) is 11.1. The molecule has 13 rings (SSSR count). The Labute approximate surface area is 365 Å². The van der Waals surface area contributed by atoms with E-state index in [4.69, 9.17) is 0 Å². The second-order valence-electron chi connectivity index (χ2n) is 18.1. The van der Waals surface area contributed by atoms with E-state index in [2.05, 4.69) is 230 Å². The van der Waals surface area contributed by atoms with E-state index in [1.165, 1.54) is 97.7 Å². The molecule has 0 atom stereocenters. The van der Waals surface area contributed by atoms with Gasteiger partial charge in [-0.2, -0.15) is 0 Å². The zero-order valence-corrected chi connectivity index (χ0v) is 35.7. The van der Waals surface area contributed by atoms with Crippen molar-refractivity contribution < 1.29 is 0 Å². The highest BCUT2D eigenvalue weighted by atomic mass is 32.1. The number of anilines is 3. The summed E-state index contributed by atoms with van der Waals surface area (Å²) in [6.07, 6.45) is 0. The molecule has 0 amide bonds. The van der Waals surface area contributed by atoms with Gasteiger partial charge in [-0.3, -0.25) is 0 Å². The van der Waals surface area contributed by atoms with Gasteiger partial charge in [0.1, 0.15) is 0 Å². The average molecular weight is 811 g/mol. The summed E-state index contributed by atoms with van der Waals surface area (Å²) in [5, 5.41) is 5.15. The highest BCUT2D eigenvalue weighted by Crippen LogP contribution is 2.64. The molecule has 62 heavy (non-hydrogen) atoms. The number of aromatic nitrogens is 1. The van der Waals surface area contributed by atoms with Gasteiger partial charge in [0, 0.05) is 53.6 Å². The summed E-state index contributed by atoms with van der Waals surface area (Å²) in [6.45, 7) is 6.88. The molecule has 11 aromatic rings. The first-order chi connectivity index (χ1) is 30.4. The van der Waals surface area contributed by atoms with Crippen molar-refractivity contribution in [1.82, 2.24) is 4.57 Å². The van der Waals surface area contributed by atoms with Gasteiger partial charge in [0.2, 0.25) is 0 Å². The molecule has 2 aliphatic carbocycles. The second-order valence-corrected chi connectivity index (χ2v) is 19.1. The molecule has 294 valence electrons. The minimum atomic E-state index is -0.433. The highest BCUT2D eigenvalue weighted by molar-refractivity contribution is 7.25. The van der Waals surface area contributed by atoms with Gasteiger partial charge in [-0.25, -0.2) is 0 Å². The molecule has 2 heterocycles. The summed E-state index contributed by atoms with van der Waals surface area (Å²) in [6, 6.07) is 75.3. The van der Waals surface area contributed by atoms with E-state index in [-0.39, 0.29) is 5.41 Å². The summed E-state index contributed by atoms with van der Waals surface area (Å²) < 4.78 is 5.11. The van der Waals surface area contributed by atoms with Crippen molar-refractivity contribution in [3.8, 4) is 27.9 Å². The highest BCUT2D eigenvalue weighted by Gasteiger charge is 2.52. The van der Waals surface area contributed by atoms with Crippen molar-refractivity contribution in [3.63, 3.8) is 0 Å². The molecule has 3 heteroatoms. The molecular weight excluding hydrogens is 769 g/mol. The number of nitrogens with zero attached hydrogens (tertiary/aromatic N) is 2. The van der Waals surface area contributed by atoms with Crippen LogP contribution in [-0.4, -0.2) is 4.57 Å².